The molecule has 0 aliphatic carbocycles. The first-order valence-electron chi connectivity index (χ1n) is 11.9. The quantitative estimate of drug-likeness (QED) is 0.448. The van der Waals surface area contributed by atoms with Crippen LogP contribution in [0.2, 0.25) is 0 Å². The molecule has 1 aromatic carbocycles. The van der Waals surface area contributed by atoms with Crippen LogP contribution in [0, 0.1) is 0 Å². The summed E-state index contributed by atoms with van der Waals surface area (Å²) in [4.78, 5) is 27.9. The van der Waals surface area contributed by atoms with Gasteiger partial charge < -0.3 is 15.8 Å². The van der Waals surface area contributed by atoms with Crippen molar-refractivity contribution in [1.82, 2.24) is 14.7 Å². The van der Waals surface area contributed by atoms with E-state index in [1.54, 1.807) is 4.68 Å². The molecule has 0 radical (unpaired) electrons. The number of nitrogens with one attached hydrogen (secondary N) is 1. The van der Waals surface area contributed by atoms with Crippen molar-refractivity contribution in [1.29, 1.82) is 0 Å². The highest BCUT2D eigenvalue weighted by Crippen LogP contribution is 2.31. The normalized spacial score (nSPS) is 14.7. The van der Waals surface area contributed by atoms with E-state index in [9.17, 15) is 18.0 Å². The zero-order valence-corrected chi connectivity index (χ0v) is 21.8. The average Bonchev–Trinajstić information content (AvgIpc) is 3.09. The molecule has 1 aliphatic rings. The Kier molecular flexibility index (Phi) is 8.22. The van der Waals surface area contributed by atoms with Crippen LogP contribution >= 0.6 is 0 Å². The predicted molar refractivity (Wildman–Crippen MR) is 134 cm³/mol. The highest BCUT2D eigenvalue weighted by atomic mass is 32.2. The maximum Gasteiger partial charge on any atom is 0.271 e. The Hall–Kier alpha value is -2.92. The van der Waals surface area contributed by atoms with Gasteiger partial charge in [0, 0.05) is 25.4 Å². The maximum absolute atomic E-state index is 13.4. The van der Waals surface area contributed by atoms with Gasteiger partial charge in [-0.25, -0.2) is 8.42 Å². The van der Waals surface area contributed by atoms with Crippen molar-refractivity contribution >= 4 is 27.3 Å². The molecule has 1 aliphatic heterocycles. The number of rotatable bonds is 11. The number of likely N-dealkylation sites (tertiary alicyclic amines) is 1. The zero-order valence-electron chi connectivity index (χ0n) is 21.0. The van der Waals surface area contributed by atoms with E-state index in [1.807, 2.05) is 13.8 Å². The highest BCUT2D eigenvalue weighted by Gasteiger charge is 2.34. The van der Waals surface area contributed by atoms with Gasteiger partial charge in [0.2, 0.25) is 0 Å². The second-order valence-corrected chi connectivity index (χ2v) is 11.1. The number of amides is 2. The lowest BCUT2D eigenvalue weighted by Crippen LogP contribution is -2.51. The van der Waals surface area contributed by atoms with Crippen LogP contribution < -0.4 is 15.8 Å². The first-order valence-corrected chi connectivity index (χ1v) is 13.8. The van der Waals surface area contributed by atoms with E-state index in [4.69, 9.17) is 10.5 Å². The first kappa shape index (κ1) is 26.7. The molecule has 1 fully saturated rings. The lowest BCUT2D eigenvalue weighted by atomic mass is 10.1. The van der Waals surface area contributed by atoms with Gasteiger partial charge in [0.15, 0.2) is 15.5 Å². The number of anilines is 1. The fraction of sp³-hybridized carbons (Fsp3) is 0.542. The molecule has 10 nitrogen and oxygen atoms in total. The van der Waals surface area contributed by atoms with Gasteiger partial charge in [-0.15, -0.1) is 0 Å². The third-order valence-corrected chi connectivity index (χ3v) is 7.27. The lowest BCUT2D eigenvalue weighted by Gasteiger charge is -2.42. The number of nitrogens with zero attached hydrogens (tertiary/aromatic N) is 3. The third-order valence-electron chi connectivity index (χ3n) is 6.16. The summed E-state index contributed by atoms with van der Waals surface area (Å²) in [5.74, 6) is -1.09. The summed E-state index contributed by atoms with van der Waals surface area (Å²) in [6.45, 7) is 10.1. The van der Waals surface area contributed by atoms with Gasteiger partial charge in [-0.3, -0.25) is 19.2 Å². The SMILES string of the molecule is CCCCOc1ccc(S(C)(=O)=O)cc1C(=O)Nc1c(C(N)=O)nn(C2CN(C(C)C)C2)c1CC. The van der Waals surface area contributed by atoms with Crippen LogP contribution in [0.4, 0.5) is 5.69 Å². The summed E-state index contributed by atoms with van der Waals surface area (Å²) in [6.07, 6.45) is 3.27. The van der Waals surface area contributed by atoms with Crippen molar-refractivity contribution in [2.45, 2.75) is 63.9 Å². The summed E-state index contributed by atoms with van der Waals surface area (Å²) >= 11 is 0. The Morgan fingerprint density at radius 2 is 1.94 bits per heavy atom. The largest absolute Gasteiger partial charge is 0.493 e. The maximum atomic E-state index is 13.4. The van der Waals surface area contributed by atoms with Gasteiger partial charge in [0.25, 0.3) is 11.8 Å². The highest BCUT2D eigenvalue weighted by molar-refractivity contribution is 7.90. The van der Waals surface area contributed by atoms with E-state index in [1.165, 1.54) is 18.2 Å². The zero-order chi connectivity index (χ0) is 25.9. The molecule has 11 heteroatoms. The molecule has 0 bridgehead atoms. The Bertz CT molecular complexity index is 1200. The number of unbranched alkanes of at least 4 members (excludes halogenated alkanes) is 1. The van der Waals surface area contributed by atoms with Gasteiger partial charge >= 0.3 is 0 Å². The molecule has 2 aromatic rings. The topological polar surface area (TPSA) is 137 Å². The van der Waals surface area contributed by atoms with E-state index < -0.39 is 21.7 Å². The van der Waals surface area contributed by atoms with Crippen LogP contribution in [-0.2, 0) is 16.3 Å². The number of carbonyl (C=O) groups is 2. The van der Waals surface area contributed by atoms with Crippen LogP contribution in [0.5, 0.6) is 5.75 Å². The Labute approximate surface area is 206 Å². The minimum absolute atomic E-state index is 0.00438. The van der Waals surface area contributed by atoms with Gasteiger partial charge in [-0.05, 0) is 44.9 Å². The second-order valence-electron chi connectivity index (χ2n) is 9.12. The van der Waals surface area contributed by atoms with Crippen molar-refractivity contribution in [3.8, 4) is 5.75 Å². The number of hydrogen-bond acceptors (Lipinski definition) is 7. The number of nitrogens with two attached hydrogens (primary N) is 1. The molecule has 1 aromatic heterocycles. The van der Waals surface area contributed by atoms with Crippen molar-refractivity contribution < 1.29 is 22.7 Å². The number of aromatic nitrogens is 2. The molecule has 35 heavy (non-hydrogen) atoms. The Morgan fingerprint density at radius 3 is 2.49 bits per heavy atom. The number of benzene rings is 1. The molecule has 0 spiro atoms. The third kappa shape index (κ3) is 5.84. The number of carbonyl (C=O) groups excluding carboxylic acids is 2. The molecule has 3 rings (SSSR count). The average molecular weight is 506 g/mol. The predicted octanol–water partition coefficient (Wildman–Crippen LogP) is 2.64. The Balaban J connectivity index is 1.99. The Morgan fingerprint density at radius 1 is 1.26 bits per heavy atom. The summed E-state index contributed by atoms with van der Waals surface area (Å²) in [6, 6.07) is 4.65. The van der Waals surface area contributed by atoms with E-state index in [-0.39, 0.29) is 33.6 Å². The molecule has 192 valence electrons. The van der Waals surface area contributed by atoms with Crippen LogP contribution in [0.25, 0.3) is 0 Å². The van der Waals surface area contributed by atoms with E-state index in [0.29, 0.717) is 24.8 Å². The van der Waals surface area contributed by atoms with Crippen molar-refractivity contribution in [2.75, 3.05) is 31.3 Å². The van der Waals surface area contributed by atoms with Crippen LogP contribution in [0.1, 0.15) is 73.1 Å². The molecule has 3 N–H and O–H groups in total. The molecule has 0 unspecified atom stereocenters. The van der Waals surface area contributed by atoms with Crippen molar-refractivity contribution in [2.24, 2.45) is 5.73 Å². The summed E-state index contributed by atoms with van der Waals surface area (Å²) < 4.78 is 31.8. The van der Waals surface area contributed by atoms with Gasteiger partial charge in [-0.1, -0.05) is 20.3 Å². The molecule has 1 saturated heterocycles. The smallest absolute Gasteiger partial charge is 0.271 e. The van der Waals surface area contributed by atoms with Crippen molar-refractivity contribution in [3.63, 3.8) is 0 Å². The number of ether oxygens (including phenoxy) is 1. The van der Waals surface area contributed by atoms with Crippen molar-refractivity contribution in [3.05, 3.63) is 35.2 Å². The fourth-order valence-corrected chi connectivity index (χ4v) is 4.68. The van der Waals surface area contributed by atoms with Gasteiger partial charge in [0.1, 0.15) is 5.75 Å². The summed E-state index contributed by atoms with van der Waals surface area (Å²) in [7, 11) is -3.55. The van der Waals surface area contributed by atoms with Crippen LogP contribution in [0.3, 0.4) is 0 Å². The van der Waals surface area contributed by atoms with Crippen LogP contribution in [0.15, 0.2) is 23.1 Å². The second kappa shape index (κ2) is 10.8. The van der Waals surface area contributed by atoms with Crippen LogP contribution in [-0.4, -0.2) is 66.9 Å². The van der Waals surface area contributed by atoms with Gasteiger partial charge in [0.05, 0.1) is 34.5 Å². The minimum atomic E-state index is -3.55. The first-order chi connectivity index (χ1) is 16.5. The van der Waals surface area contributed by atoms with E-state index in [0.717, 1.165) is 32.2 Å². The van der Waals surface area contributed by atoms with E-state index >= 15 is 0 Å². The monoisotopic (exact) mass is 505 g/mol. The number of primary amides is 1. The molecular formula is C24H35N5O5S. The molecule has 2 heterocycles. The number of hydrogen-bond donors (Lipinski definition) is 2. The summed E-state index contributed by atoms with van der Waals surface area (Å²) in [5.41, 5.74) is 6.59. The standard InChI is InChI=1S/C24H35N5O5S/c1-6-8-11-34-20-10-9-17(35(5,32)33)12-18(20)24(31)26-21-19(7-2)29(27-22(21)23(25)30)16-13-28(14-16)15(3)4/h9-10,12,15-16H,6-8,11,13-14H2,1-5H3,(H2,25,30)(H,26,31). The van der Waals surface area contributed by atoms with E-state index in [2.05, 4.69) is 29.2 Å². The molecular weight excluding hydrogens is 470 g/mol. The summed E-state index contributed by atoms with van der Waals surface area (Å²) in [5, 5.41) is 7.24. The molecule has 2 amide bonds. The number of sulfone groups is 1. The molecule has 0 saturated carbocycles. The lowest BCUT2D eigenvalue weighted by molar-refractivity contribution is 0.0655. The fourth-order valence-electron chi connectivity index (χ4n) is 4.03. The van der Waals surface area contributed by atoms with Gasteiger partial charge in [-0.2, -0.15) is 5.10 Å². The minimum Gasteiger partial charge on any atom is -0.493 e. The molecule has 0 atom stereocenters.